The number of hydrogen-bond acceptors (Lipinski definition) is 4. The molecule has 2 N–H and O–H groups in total. The molecule has 0 aliphatic rings. The second-order valence-corrected chi connectivity index (χ2v) is 4.43. The molecule has 7 heteroatoms. The molecule has 2 aromatic rings. The van der Waals surface area contributed by atoms with Gasteiger partial charge in [-0.05, 0) is 19.1 Å². The molecule has 0 aliphatic carbocycles. The van der Waals surface area contributed by atoms with Gasteiger partial charge in [-0.1, -0.05) is 17.3 Å². The second kappa shape index (κ2) is 5.96. The van der Waals surface area contributed by atoms with Crippen molar-refractivity contribution in [1.82, 2.24) is 15.0 Å². The van der Waals surface area contributed by atoms with Gasteiger partial charge >= 0.3 is 0 Å². The van der Waals surface area contributed by atoms with Crippen LogP contribution < -0.4 is 5.32 Å². The first-order valence-corrected chi connectivity index (χ1v) is 6.27. The molecule has 0 aliphatic heterocycles. The van der Waals surface area contributed by atoms with Crippen LogP contribution in [-0.4, -0.2) is 39.2 Å². The van der Waals surface area contributed by atoms with Crippen molar-refractivity contribution >= 4 is 5.69 Å². The van der Waals surface area contributed by atoms with Crippen LogP contribution in [0, 0.1) is 0 Å². The zero-order valence-electron chi connectivity index (χ0n) is 11.1. The Hall–Kier alpha value is -2.02. The van der Waals surface area contributed by atoms with Crippen LogP contribution >= 0.6 is 0 Å². The molecule has 5 nitrogen and oxygen atoms in total. The summed E-state index contributed by atoms with van der Waals surface area (Å²) in [7, 11) is 0. The van der Waals surface area contributed by atoms with Gasteiger partial charge in [-0.3, -0.25) is 0 Å². The minimum Gasteiger partial charge on any atom is -0.390 e. The number of anilines is 1. The normalized spacial score (nSPS) is 11.6. The van der Waals surface area contributed by atoms with E-state index in [1.54, 1.807) is 0 Å². The van der Waals surface area contributed by atoms with Crippen LogP contribution in [0.4, 0.5) is 14.5 Å². The third-order valence-electron chi connectivity index (χ3n) is 2.70. The molecule has 0 spiro atoms. The van der Waals surface area contributed by atoms with Gasteiger partial charge in [0.05, 0.1) is 6.20 Å². The van der Waals surface area contributed by atoms with E-state index in [2.05, 4.69) is 15.6 Å². The topological polar surface area (TPSA) is 63.0 Å². The van der Waals surface area contributed by atoms with Crippen molar-refractivity contribution in [2.45, 2.75) is 19.4 Å². The summed E-state index contributed by atoms with van der Waals surface area (Å²) in [4.78, 5) is 0. The summed E-state index contributed by atoms with van der Waals surface area (Å²) in [6, 6.07) is 7.48. The molecule has 0 bridgehead atoms. The van der Waals surface area contributed by atoms with Crippen LogP contribution in [0.2, 0.25) is 0 Å². The van der Waals surface area contributed by atoms with Gasteiger partial charge < -0.3 is 10.4 Å². The maximum atomic E-state index is 13.1. The molecule has 1 aromatic carbocycles. The van der Waals surface area contributed by atoms with Crippen molar-refractivity contribution in [1.29, 1.82) is 0 Å². The second-order valence-electron chi connectivity index (χ2n) is 4.43. The summed E-state index contributed by atoms with van der Waals surface area (Å²) in [6.07, 6.45) is 1.44. The maximum Gasteiger partial charge on any atom is 0.289 e. The average molecular weight is 282 g/mol. The van der Waals surface area contributed by atoms with E-state index in [0.717, 1.165) is 22.5 Å². The van der Waals surface area contributed by atoms with Crippen LogP contribution in [0.15, 0.2) is 30.5 Å². The highest BCUT2D eigenvalue weighted by atomic mass is 19.3. The molecule has 108 valence electrons. The standard InChI is InChI=1S/C13H16F2N4O/c1-2-16-11-5-3-4-10(6-11)12-7-19(18-17-12)8-13(14,15)9-20/h3-7,16,20H,2,8-9H2,1H3. The van der Waals surface area contributed by atoms with Crippen molar-refractivity contribution in [2.75, 3.05) is 18.5 Å². The summed E-state index contributed by atoms with van der Waals surface area (Å²) < 4.78 is 27.2. The Kier molecular flexibility index (Phi) is 4.29. The van der Waals surface area contributed by atoms with Crippen LogP contribution in [-0.2, 0) is 6.54 Å². The van der Waals surface area contributed by atoms with E-state index in [9.17, 15) is 8.78 Å². The van der Waals surface area contributed by atoms with Gasteiger partial charge in [0, 0.05) is 17.8 Å². The third-order valence-corrected chi connectivity index (χ3v) is 2.70. The van der Waals surface area contributed by atoms with Gasteiger partial charge in [0.25, 0.3) is 5.92 Å². The molecule has 1 aromatic heterocycles. The summed E-state index contributed by atoms with van der Waals surface area (Å²) in [5, 5.41) is 19.3. The predicted molar refractivity (Wildman–Crippen MR) is 71.7 cm³/mol. The Morgan fingerprint density at radius 1 is 1.40 bits per heavy atom. The number of alkyl halides is 2. The summed E-state index contributed by atoms with van der Waals surface area (Å²) in [5.74, 6) is -3.20. The first-order valence-electron chi connectivity index (χ1n) is 6.27. The van der Waals surface area contributed by atoms with Crippen LogP contribution in [0.25, 0.3) is 11.3 Å². The van der Waals surface area contributed by atoms with E-state index in [0.29, 0.717) is 5.69 Å². The summed E-state index contributed by atoms with van der Waals surface area (Å²) in [5.41, 5.74) is 2.24. The van der Waals surface area contributed by atoms with Gasteiger partial charge in [0.15, 0.2) is 0 Å². The molecule has 1 heterocycles. The van der Waals surface area contributed by atoms with Gasteiger partial charge in [0.2, 0.25) is 0 Å². The molecule has 0 radical (unpaired) electrons. The van der Waals surface area contributed by atoms with Crippen LogP contribution in [0.1, 0.15) is 6.92 Å². The fourth-order valence-electron chi connectivity index (χ4n) is 1.79. The lowest BCUT2D eigenvalue weighted by Crippen LogP contribution is -2.28. The van der Waals surface area contributed by atoms with E-state index < -0.39 is 19.1 Å². The minimum absolute atomic E-state index is 0.512. The molecule has 0 saturated carbocycles. The fourth-order valence-corrected chi connectivity index (χ4v) is 1.79. The number of hydrogen-bond donors (Lipinski definition) is 2. The van der Waals surface area contributed by atoms with E-state index in [1.807, 2.05) is 31.2 Å². The van der Waals surface area contributed by atoms with Gasteiger partial charge in [-0.15, -0.1) is 5.10 Å². The van der Waals surface area contributed by atoms with Crippen LogP contribution in [0.3, 0.4) is 0 Å². The molecule has 0 amide bonds. The number of aromatic nitrogens is 3. The fraction of sp³-hybridized carbons (Fsp3) is 0.385. The molecule has 0 atom stereocenters. The van der Waals surface area contributed by atoms with E-state index in [1.165, 1.54) is 6.20 Å². The zero-order chi connectivity index (χ0) is 14.6. The summed E-state index contributed by atoms with van der Waals surface area (Å²) in [6.45, 7) is 0.875. The molecule has 0 unspecified atom stereocenters. The van der Waals surface area contributed by atoms with Crippen molar-refractivity contribution in [3.8, 4) is 11.3 Å². The SMILES string of the molecule is CCNc1cccc(-c2cn(CC(F)(F)CO)nn2)c1. The Morgan fingerprint density at radius 3 is 2.90 bits per heavy atom. The number of benzene rings is 1. The Morgan fingerprint density at radius 2 is 2.20 bits per heavy atom. The van der Waals surface area contributed by atoms with Gasteiger partial charge in [0.1, 0.15) is 18.8 Å². The lowest BCUT2D eigenvalue weighted by atomic mass is 10.1. The van der Waals surface area contributed by atoms with Crippen molar-refractivity contribution in [2.24, 2.45) is 0 Å². The number of nitrogens with zero attached hydrogens (tertiary/aromatic N) is 3. The number of rotatable bonds is 6. The Labute approximate surface area is 115 Å². The van der Waals surface area contributed by atoms with Crippen molar-refractivity contribution in [3.05, 3.63) is 30.5 Å². The summed E-state index contributed by atoms with van der Waals surface area (Å²) >= 11 is 0. The quantitative estimate of drug-likeness (QED) is 0.850. The highest BCUT2D eigenvalue weighted by molar-refractivity contribution is 5.64. The van der Waals surface area contributed by atoms with E-state index >= 15 is 0 Å². The largest absolute Gasteiger partial charge is 0.390 e. The molecular weight excluding hydrogens is 266 g/mol. The molecule has 2 rings (SSSR count). The highest BCUT2D eigenvalue weighted by Gasteiger charge is 2.29. The Bertz CT molecular complexity index is 571. The van der Waals surface area contributed by atoms with Crippen molar-refractivity contribution < 1.29 is 13.9 Å². The van der Waals surface area contributed by atoms with Gasteiger partial charge in [-0.25, -0.2) is 13.5 Å². The highest BCUT2D eigenvalue weighted by Crippen LogP contribution is 2.21. The zero-order valence-corrected chi connectivity index (χ0v) is 11.1. The smallest absolute Gasteiger partial charge is 0.289 e. The van der Waals surface area contributed by atoms with Gasteiger partial charge in [-0.2, -0.15) is 0 Å². The first-order chi connectivity index (χ1) is 9.54. The van der Waals surface area contributed by atoms with E-state index in [-0.39, 0.29) is 0 Å². The molecule has 0 saturated heterocycles. The lowest BCUT2D eigenvalue weighted by molar-refractivity contribution is -0.0655. The number of aliphatic hydroxyl groups excluding tert-OH is 1. The number of halogens is 2. The van der Waals surface area contributed by atoms with Crippen LogP contribution in [0.5, 0.6) is 0 Å². The first kappa shape index (κ1) is 14.4. The maximum absolute atomic E-state index is 13.1. The monoisotopic (exact) mass is 282 g/mol. The number of nitrogens with one attached hydrogen (secondary N) is 1. The third kappa shape index (κ3) is 3.51. The lowest BCUT2D eigenvalue weighted by Gasteiger charge is -2.11. The van der Waals surface area contributed by atoms with E-state index in [4.69, 9.17) is 5.11 Å². The molecule has 20 heavy (non-hydrogen) atoms. The number of aliphatic hydroxyl groups is 1. The molecule has 0 fully saturated rings. The molecular formula is C13H16F2N4O. The predicted octanol–water partition coefficient (Wildman–Crippen LogP) is 2.00. The Balaban J connectivity index is 2.18. The minimum atomic E-state index is -3.20. The van der Waals surface area contributed by atoms with Crippen molar-refractivity contribution in [3.63, 3.8) is 0 Å². The average Bonchev–Trinajstić information content (AvgIpc) is 2.87.